The lowest BCUT2D eigenvalue weighted by Crippen LogP contribution is -2.54. The lowest BCUT2D eigenvalue weighted by molar-refractivity contribution is -0.122. The average Bonchev–Trinajstić information content (AvgIpc) is 2.79. The average molecular weight is 481 g/mol. The van der Waals surface area contributed by atoms with E-state index in [1.54, 1.807) is 49.4 Å². The van der Waals surface area contributed by atoms with Crippen molar-refractivity contribution in [3.05, 3.63) is 82.9 Å². The van der Waals surface area contributed by atoms with Gasteiger partial charge in [0.1, 0.15) is 12.2 Å². The summed E-state index contributed by atoms with van der Waals surface area (Å²) in [5.74, 6) is -0.553. The number of halogens is 1. The van der Waals surface area contributed by atoms with Crippen LogP contribution in [0.3, 0.4) is 0 Å². The van der Waals surface area contributed by atoms with Crippen LogP contribution in [0.15, 0.2) is 61.2 Å². The van der Waals surface area contributed by atoms with E-state index in [-0.39, 0.29) is 12.2 Å². The third kappa shape index (κ3) is 5.05. The summed E-state index contributed by atoms with van der Waals surface area (Å²) >= 11 is 6.18. The lowest BCUT2D eigenvalue weighted by Gasteiger charge is -2.27. The number of anilines is 1. The highest BCUT2D eigenvalue weighted by molar-refractivity contribution is 6.40. The molecule has 0 spiro atoms. The Labute approximate surface area is 203 Å². The molecule has 0 aromatic heterocycles. The predicted molar refractivity (Wildman–Crippen MR) is 132 cm³/mol. The van der Waals surface area contributed by atoms with Crippen LogP contribution in [-0.2, 0) is 16.0 Å². The molecule has 8 heteroatoms. The van der Waals surface area contributed by atoms with E-state index in [0.29, 0.717) is 46.4 Å². The van der Waals surface area contributed by atoms with Gasteiger partial charge in [-0.3, -0.25) is 14.9 Å². The standard InChI is InChI=1S/C26H25ClN2O5/c1-5-9-18-13-17(15-22(33-7-3)23(18)34-12-6-2)14-19-24(30)28-26(32)29(25(19)31)21-11-8-10-20(27)16(21)4/h5-6,8,10-11,13-15H,1-2,7,9,12H2,3-4H3,(H,28,30,32)/b19-14+. The number of imide groups is 2. The number of nitrogens with zero attached hydrogens (tertiary/aromatic N) is 1. The molecule has 1 aliphatic heterocycles. The molecule has 1 aliphatic rings. The van der Waals surface area contributed by atoms with E-state index in [1.807, 2.05) is 6.92 Å². The topological polar surface area (TPSA) is 84.9 Å². The van der Waals surface area contributed by atoms with Crippen molar-refractivity contribution in [3.8, 4) is 11.5 Å². The van der Waals surface area contributed by atoms with Gasteiger partial charge >= 0.3 is 6.03 Å². The molecule has 4 amide bonds. The van der Waals surface area contributed by atoms with Crippen LogP contribution in [0.1, 0.15) is 23.6 Å². The Morgan fingerprint density at radius 2 is 1.88 bits per heavy atom. The van der Waals surface area contributed by atoms with Gasteiger partial charge in [0.15, 0.2) is 11.5 Å². The largest absolute Gasteiger partial charge is 0.490 e. The number of barbiturate groups is 1. The van der Waals surface area contributed by atoms with Crippen LogP contribution in [0.4, 0.5) is 10.5 Å². The van der Waals surface area contributed by atoms with Crippen LogP contribution in [0.25, 0.3) is 6.08 Å². The van der Waals surface area contributed by atoms with Crippen molar-refractivity contribution in [2.24, 2.45) is 0 Å². The molecule has 7 nitrogen and oxygen atoms in total. The highest BCUT2D eigenvalue weighted by Gasteiger charge is 2.37. The highest BCUT2D eigenvalue weighted by atomic mass is 35.5. The number of benzene rings is 2. The summed E-state index contributed by atoms with van der Waals surface area (Å²) in [4.78, 5) is 39.4. The van der Waals surface area contributed by atoms with E-state index in [4.69, 9.17) is 21.1 Å². The van der Waals surface area contributed by atoms with Crippen LogP contribution in [-0.4, -0.2) is 31.1 Å². The fourth-order valence-corrected chi connectivity index (χ4v) is 3.69. The van der Waals surface area contributed by atoms with Crippen LogP contribution in [0, 0.1) is 6.92 Å². The van der Waals surface area contributed by atoms with Crippen molar-refractivity contribution >= 4 is 41.2 Å². The van der Waals surface area contributed by atoms with Gasteiger partial charge in [0.2, 0.25) is 0 Å². The minimum atomic E-state index is -0.840. The molecule has 3 rings (SSSR count). The summed E-state index contributed by atoms with van der Waals surface area (Å²) < 4.78 is 11.6. The molecule has 0 atom stereocenters. The molecule has 2 aromatic carbocycles. The molecule has 34 heavy (non-hydrogen) atoms. The number of hydrogen-bond acceptors (Lipinski definition) is 5. The van der Waals surface area contributed by atoms with Gasteiger partial charge in [0.25, 0.3) is 11.8 Å². The van der Waals surface area contributed by atoms with Gasteiger partial charge in [-0.15, -0.1) is 6.58 Å². The van der Waals surface area contributed by atoms with Gasteiger partial charge in [-0.2, -0.15) is 0 Å². The van der Waals surface area contributed by atoms with Gasteiger partial charge in [-0.25, -0.2) is 9.69 Å². The van der Waals surface area contributed by atoms with Crippen molar-refractivity contribution in [2.75, 3.05) is 18.1 Å². The normalized spacial score (nSPS) is 14.7. The van der Waals surface area contributed by atoms with Crippen molar-refractivity contribution in [1.82, 2.24) is 5.32 Å². The van der Waals surface area contributed by atoms with Gasteiger partial charge in [0.05, 0.1) is 12.3 Å². The summed E-state index contributed by atoms with van der Waals surface area (Å²) in [5, 5.41) is 2.62. The molecule has 2 aromatic rings. The molecule has 0 aliphatic carbocycles. The summed E-state index contributed by atoms with van der Waals surface area (Å²) in [5.41, 5.74) is 1.92. The van der Waals surface area contributed by atoms with Gasteiger partial charge in [-0.1, -0.05) is 36.4 Å². The second kappa shape index (κ2) is 10.9. The molecule has 0 radical (unpaired) electrons. The van der Waals surface area contributed by atoms with Crippen molar-refractivity contribution in [2.45, 2.75) is 20.3 Å². The Hall–Kier alpha value is -3.84. The molecule has 1 fully saturated rings. The van der Waals surface area contributed by atoms with Crippen molar-refractivity contribution in [1.29, 1.82) is 0 Å². The van der Waals surface area contributed by atoms with E-state index in [9.17, 15) is 14.4 Å². The number of ether oxygens (including phenoxy) is 2. The first-order valence-electron chi connectivity index (χ1n) is 10.6. The van der Waals surface area contributed by atoms with Crippen LogP contribution < -0.4 is 19.7 Å². The molecular formula is C26H25ClN2O5. The fraction of sp³-hybridized carbons (Fsp3) is 0.192. The number of amides is 4. The van der Waals surface area contributed by atoms with E-state index in [0.717, 1.165) is 10.5 Å². The Balaban J connectivity index is 2.11. The first-order valence-corrected chi connectivity index (χ1v) is 11.0. The first-order chi connectivity index (χ1) is 16.3. The molecular weight excluding hydrogens is 456 g/mol. The summed E-state index contributed by atoms with van der Waals surface area (Å²) in [6, 6.07) is 7.49. The van der Waals surface area contributed by atoms with Crippen molar-refractivity contribution < 1.29 is 23.9 Å². The quantitative estimate of drug-likeness (QED) is 0.310. The van der Waals surface area contributed by atoms with Crippen LogP contribution in [0.5, 0.6) is 11.5 Å². The molecule has 1 saturated heterocycles. The first kappa shape index (κ1) is 24.8. The zero-order valence-electron chi connectivity index (χ0n) is 19.0. The second-order valence-corrected chi connectivity index (χ2v) is 7.78. The maximum absolute atomic E-state index is 13.3. The number of allylic oxidation sites excluding steroid dienone is 1. The maximum atomic E-state index is 13.3. The van der Waals surface area contributed by atoms with Gasteiger partial charge < -0.3 is 9.47 Å². The monoisotopic (exact) mass is 480 g/mol. The zero-order valence-corrected chi connectivity index (χ0v) is 19.8. The second-order valence-electron chi connectivity index (χ2n) is 7.37. The van der Waals surface area contributed by atoms with E-state index in [2.05, 4.69) is 18.5 Å². The van der Waals surface area contributed by atoms with Gasteiger partial charge in [-0.05, 0) is 61.7 Å². The number of nitrogens with one attached hydrogen (secondary N) is 1. The zero-order chi connectivity index (χ0) is 24.8. The third-order valence-electron chi connectivity index (χ3n) is 5.06. The van der Waals surface area contributed by atoms with Crippen LogP contribution in [0.2, 0.25) is 5.02 Å². The Bertz CT molecular complexity index is 1200. The third-order valence-corrected chi connectivity index (χ3v) is 5.47. The molecule has 1 N–H and O–H groups in total. The Morgan fingerprint density at radius 1 is 1.12 bits per heavy atom. The maximum Gasteiger partial charge on any atom is 0.335 e. The van der Waals surface area contributed by atoms with Crippen LogP contribution >= 0.6 is 11.6 Å². The lowest BCUT2D eigenvalue weighted by atomic mass is 10.0. The smallest absolute Gasteiger partial charge is 0.335 e. The van der Waals surface area contributed by atoms with Crippen molar-refractivity contribution in [3.63, 3.8) is 0 Å². The SMILES string of the molecule is C=CCOc1c(CC=C)cc(/C=C2\C(=O)NC(=O)N(c3cccc(Cl)c3C)C2=O)cc1OCC. The van der Waals surface area contributed by atoms with E-state index < -0.39 is 17.8 Å². The molecule has 176 valence electrons. The molecule has 1 heterocycles. The Morgan fingerprint density at radius 3 is 2.56 bits per heavy atom. The number of rotatable bonds is 9. The van der Waals surface area contributed by atoms with E-state index >= 15 is 0 Å². The number of carbonyl (C=O) groups excluding carboxylic acids is 3. The minimum absolute atomic E-state index is 0.203. The highest BCUT2D eigenvalue weighted by Crippen LogP contribution is 2.35. The number of hydrogen-bond donors (Lipinski definition) is 1. The summed E-state index contributed by atoms with van der Waals surface area (Å²) in [6.45, 7) is 11.6. The summed E-state index contributed by atoms with van der Waals surface area (Å²) in [6.07, 6.45) is 5.22. The van der Waals surface area contributed by atoms with Gasteiger partial charge in [0, 0.05) is 10.6 Å². The minimum Gasteiger partial charge on any atom is -0.490 e. The number of urea groups is 1. The predicted octanol–water partition coefficient (Wildman–Crippen LogP) is 5.01. The summed E-state index contributed by atoms with van der Waals surface area (Å²) in [7, 11) is 0. The molecule has 0 bridgehead atoms. The molecule has 0 saturated carbocycles. The number of carbonyl (C=O) groups is 3. The molecule has 0 unspecified atom stereocenters. The Kier molecular flexibility index (Phi) is 7.91. The fourth-order valence-electron chi connectivity index (χ4n) is 3.52. The van der Waals surface area contributed by atoms with E-state index in [1.165, 1.54) is 6.08 Å².